The van der Waals surface area contributed by atoms with Crippen LogP contribution in [0.25, 0.3) is 0 Å². The van der Waals surface area contributed by atoms with Crippen LogP contribution in [0.4, 0.5) is 5.69 Å². The van der Waals surface area contributed by atoms with Crippen molar-refractivity contribution >= 4 is 34.2 Å². The fourth-order valence-electron chi connectivity index (χ4n) is 1.66. The Morgan fingerprint density at radius 3 is 2.58 bits per heavy atom. The largest absolute Gasteiger partial charge is 0.463 e. The summed E-state index contributed by atoms with van der Waals surface area (Å²) in [7, 11) is 1.33. The fraction of sp³-hybridized carbons (Fsp3) is 0.214. The molecule has 100 valence electrons. The third-order valence-electron chi connectivity index (χ3n) is 2.67. The van der Waals surface area contributed by atoms with Crippen molar-refractivity contribution in [1.29, 1.82) is 0 Å². The van der Waals surface area contributed by atoms with E-state index in [9.17, 15) is 4.79 Å². The first-order valence-electron chi connectivity index (χ1n) is 5.80. The van der Waals surface area contributed by atoms with Gasteiger partial charge in [0.25, 0.3) is 0 Å². The quantitative estimate of drug-likeness (QED) is 0.656. The Labute approximate surface area is 125 Å². The Kier molecular flexibility index (Phi) is 4.47. The Hall–Kier alpha value is -1.50. The van der Waals surface area contributed by atoms with E-state index in [0.717, 1.165) is 5.69 Å². The van der Waals surface area contributed by atoms with Crippen molar-refractivity contribution < 1.29 is 13.9 Å². The number of anilines is 1. The number of hydrogen-bond acceptors (Lipinski definition) is 4. The molecule has 0 saturated heterocycles. The molecule has 1 unspecified atom stereocenters. The summed E-state index contributed by atoms with van der Waals surface area (Å²) in [5, 5.41) is 3.31. The highest BCUT2D eigenvalue weighted by Gasteiger charge is 2.15. The summed E-state index contributed by atoms with van der Waals surface area (Å²) < 4.78 is 11.2. The Balaban J connectivity index is 2.07. The van der Waals surface area contributed by atoms with E-state index in [-0.39, 0.29) is 11.8 Å². The van der Waals surface area contributed by atoms with Gasteiger partial charge in [-0.05, 0) is 65.9 Å². The third kappa shape index (κ3) is 3.50. The van der Waals surface area contributed by atoms with Crippen molar-refractivity contribution in [2.45, 2.75) is 13.0 Å². The van der Waals surface area contributed by atoms with Gasteiger partial charge in [0.2, 0.25) is 5.76 Å². The first kappa shape index (κ1) is 13.9. The van der Waals surface area contributed by atoms with E-state index in [1.54, 1.807) is 12.1 Å². The standard InChI is InChI=1S/C14H14INO3/c1-9(16-11-5-3-10(15)4-6-11)12-7-8-13(19-12)14(17)18-2/h3-9,16H,1-2H3. The zero-order valence-electron chi connectivity index (χ0n) is 10.6. The molecule has 0 aliphatic carbocycles. The summed E-state index contributed by atoms with van der Waals surface area (Å²) in [4.78, 5) is 11.3. The van der Waals surface area contributed by atoms with Gasteiger partial charge in [0.15, 0.2) is 0 Å². The molecule has 2 rings (SSSR count). The van der Waals surface area contributed by atoms with Crippen molar-refractivity contribution in [2.75, 3.05) is 12.4 Å². The molecule has 0 fully saturated rings. The van der Waals surface area contributed by atoms with Gasteiger partial charge in [0.05, 0.1) is 13.2 Å². The average molecular weight is 371 g/mol. The highest BCUT2D eigenvalue weighted by molar-refractivity contribution is 14.1. The summed E-state index contributed by atoms with van der Waals surface area (Å²) in [5.74, 6) is 0.445. The molecule has 0 aliphatic heterocycles. The molecule has 5 heteroatoms. The number of hydrogen-bond donors (Lipinski definition) is 1. The number of methoxy groups -OCH3 is 1. The molecular weight excluding hydrogens is 357 g/mol. The van der Waals surface area contributed by atoms with Crippen LogP contribution >= 0.6 is 22.6 Å². The van der Waals surface area contributed by atoms with Gasteiger partial charge >= 0.3 is 5.97 Å². The van der Waals surface area contributed by atoms with Gasteiger partial charge < -0.3 is 14.5 Å². The van der Waals surface area contributed by atoms with Crippen LogP contribution in [-0.2, 0) is 4.74 Å². The molecule has 4 nitrogen and oxygen atoms in total. The SMILES string of the molecule is COC(=O)c1ccc(C(C)Nc2ccc(I)cc2)o1. The van der Waals surface area contributed by atoms with Gasteiger partial charge in [0, 0.05) is 9.26 Å². The number of ether oxygens (including phenoxy) is 1. The van der Waals surface area contributed by atoms with Gasteiger partial charge in [-0.2, -0.15) is 0 Å². The van der Waals surface area contributed by atoms with Gasteiger partial charge in [-0.1, -0.05) is 0 Å². The van der Waals surface area contributed by atoms with Gasteiger partial charge in [-0.3, -0.25) is 0 Å². The Bertz CT molecular complexity index is 562. The van der Waals surface area contributed by atoms with E-state index >= 15 is 0 Å². The van der Waals surface area contributed by atoms with Crippen molar-refractivity contribution in [2.24, 2.45) is 0 Å². The van der Waals surface area contributed by atoms with E-state index < -0.39 is 5.97 Å². The highest BCUT2D eigenvalue weighted by Crippen LogP contribution is 2.22. The number of furan rings is 1. The summed E-state index contributed by atoms with van der Waals surface area (Å²) in [6, 6.07) is 11.4. The second kappa shape index (κ2) is 6.10. The van der Waals surface area contributed by atoms with E-state index in [1.807, 2.05) is 31.2 Å². The summed E-state index contributed by atoms with van der Waals surface area (Å²) in [6.07, 6.45) is 0. The lowest BCUT2D eigenvalue weighted by Gasteiger charge is -2.12. The van der Waals surface area contributed by atoms with E-state index in [4.69, 9.17) is 4.42 Å². The molecule has 0 spiro atoms. The van der Waals surface area contributed by atoms with Gasteiger partial charge in [-0.15, -0.1) is 0 Å². The zero-order valence-corrected chi connectivity index (χ0v) is 12.8. The van der Waals surface area contributed by atoms with Gasteiger partial charge in [-0.25, -0.2) is 4.79 Å². The zero-order chi connectivity index (χ0) is 13.8. The van der Waals surface area contributed by atoms with Crippen LogP contribution < -0.4 is 5.32 Å². The topological polar surface area (TPSA) is 51.5 Å². The van der Waals surface area contributed by atoms with Crippen LogP contribution in [0.15, 0.2) is 40.8 Å². The minimum Gasteiger partial charge on any atom is -0.463 e. The normalized spacial score (nSPS) is 11.9. The molecule has 0 saturated carbocycles. The van der Waals surface area contributed by atoms with Crippen molar-refractivity contribution in [1.82, 2.24) is 0 Å². The lowest BCUT2D eigenvalue weighted by molar-refractivity contribution is 0.0562. The number of halogens is 1. The molecule has 1 aromatic heterocycles. The molecule has 2 aromatic rings. The van der Waals surface area contributed by atoms with Crippen LogP contribution in [0, 0.1) is 3.57 Å². The first-order valence-corrected chi connectivity index (χ1v) is 6.88. The molecule has 0 aliphatic rings. The molecule has 1 N–H and O–H groups in total. The molecule has 1 atom stereocenters. The van der Waals surface area contributed by atoms with Crippen LogP contribution in [-0.4, -0.2) is 13.1 Å². The second-order valence-corrected chi connectivity index (χ2v) is 5.31. The van der Waals surface area contributed by atoms with Crippen molar-refractivity contribution in [3.63, 3.8) is 0 Å². The molecule has 0 bridgehead atoms. The summed E-state index contributed by atoms with van der Waals surface area (Å²) >= 11 is 2.26. The van der Waals surface area contributed by atoms with E-state index in [0.29, 0.717) is 5.76 Å². The predicted octanol–water partition coefficient (Wildman–Crippen LogP) is 3.84. The monoisotopic (exact) mass is 371 g/mol. The number of rotatable bonds is 4. The molecule has 1 aromatic carbocycles. The van der Waals surface area contributed by atoms with Crippen LogP contribution in [0.1, 0.15) is 29.3 Å². The van der Waals surface area contributed by atoms with Gasteiger partial charge in [0.1, 0.15) is 5.76 Å². The maximum absolute atomic E-state index is 11.3. The first-order chi connectivity index (χ1) is 9.10. The number of esters is 1. The molecule has 19 heavy (non-hydrogen) atoms. The maximum Gasteiger partial charge on any atom is 0.373 e. The minimum atomic E-state index is -0.465. The lowest BCUT2D eigenvalue weighted by atomic mass is 10.2. The Morgan fingerprint density at radius 1 is 1.26 bits per heavy atom. The number of carbonyl (C=O) groups excluding carboxylic acids is 1. The van der Waals surface area contributed by atoms with Crippen molar-refractivity contribution in [3.05, 3.63) is 51.5 Å². The minimum absolute atomic E-state index is 0.0292. The smallest absolute Gasteiger partial charge is 0.373 e. The highest BCUT2D eigenvalue weighted by atomic mass is 127. The summed E-state index contributed by atoms with van der Waals surface area (Å²) in [5.41, 5.74) is 1.00. The lowest BCUT2D eigenvalue weighted by Crippen LogP contribution is -2.05. The molecular formula is C14H14INO3. The van der Waals surface area contributed by atoms with E-state index in [2.05, 4.69) is 32.6 Å². The Morgan fingerprint density at radius 2 is 1.95 bits per heavy atom. The second-order valence-electron chi connectivity index (χ2n) is 4.07. The van der Waals surface area contributed by atoms with Crippen LogP contribution in [0.2, 0.25) is 0 Å². The molecule has 0 radical (unpaired) electrons. The predicted molar refractivity (Wildman–Crippen MR) is 81.2 cm³/mol. The number of nitrogens with one attached hydrogen (secondary N) is 1. The van der Waals surface area contributed by atoms with Crippen LogP contribution in [0.3, 0.4) is 0 Å². The molecule has 1 heterocycles. The maximum atomic E-state index is 11.3. The van der Waals surface area contributed by atoms with Crippen LogP contribution in [0.5, 0.6) is 0 Å². The summed E-state index contributed by atoms with van der Waals surface area (Å²) in [6.45, 7) is 1.97. The fourth-order valence-corrected chi connectivity index (χ4v) is 2.02. The number of benzene rings is 1. The van der Waals surface area contributed by atoms with E-state index in [1.165, 1.54) is 10.7 Å². The average Bonchev–Trinajstić information content (AvgIpc) is 2.90. The number of carbonyl (C=O) groups is 1. The molecule has 0 amide bonds. The van der Waals surface area contributed by atoms with Crippen molar-refractivity contribution in [3.8, 4) is 0 Å². The third-order valence-corrected chi connectivity index (χ3v) is 3.39.